The van der Waals surface area contributed by atoms with E-state index in [1.807, 2.05) is 6.07 Å². The highest BCUT2D eigenvalue weighted by molar-refractivity contribution is 5.20. The fraction of sp³-hybridized carbons (Fsp3) is 0.571. The maximum absolute atomic E-state index is 13.1. The fourth-order valence-corrected chi connectivity index (χ4v) is 3.01. The molecule has 3 heteroatoms. The molecular weight excluding hydrogens is 217 g/mol. The molecule has 1 N–H and O–H groups in total. The van der Waals surface area contributed by atoms with Gasteiger partial charge in [0, 0.05) is 12.1 Å². The molecule has 3 rings (SSSR count). The third kappa shape index (κ3) is 2.22. The maximum atomic E-state index is 13.1. The van der Waals surface area contributed by atoms with E-state index in [0.29, 0.717) is 18.2 Å². The molecule has 0 spiro atoms. The molecule has 1 aromatic rings. The van der Waals surface area contributed by atoms with Gasteiger partial charge >= 0.3 is 0 Å². The van der Waals surface area contributed by atoms with Gasteiger partial charge < -0.3 is 10.1 Å². The molecule has 2 fully saturated rings. The summed E-state index contributed by atoms with van der Waals surface area (Å²) in [4.78, 5) is 0. The Morgan fingerprint density at radius 2 is 2.29 bits per heavy atom. The molecule has 17 heavy (non-hydrogen) atoms. The summed E-state index contributed by atoms with van der Waals surface area (Å²) in [6.45, 7) is 2.08. The first-order chi connectivity index (χ1) is 8.22. The molecule has 1 aromatic carbocycles. The van der Waals surface area contributed by atoms with Gasteiger partial charge in [0.1, 0.15) is 5.82 Å². The molecule has 2 saturated heterocycles. The molecule has 0 radical (unpaired) electrons. The first-order valence-electron chi connectivity index (χ1n) is 6.39. The summed E-state index contributed by atoms with van der Waals surface area (Å²) in [7, 11) is 0. The van der Waals surface area contributed by atoms with Gasteiger partial charge in [0.15, 0.2) is 0 Å². The number of halogens is 1. The average Bonchev–Trinajstić information content (AvgIpc) is 2.91. The average molecular weight is 235 g/mol. The van der Waals surface area contributed by atoms with E-state index in [0.717, 1.165) is 18.4 Å². The standard InChI is InChI=1S/C14H18FNO/c1-9(10-3-2-4-11(15)7-10)16-13-8-12-5-6-14(13)17-12/h2-4,7,9,12-14,16H,5-6,8H2,1H3. The predicted octanol–water partition coefficient (Wildman–Crippen LogP) is 2.80. The Morgan fingerprint density at radius 3 is 2.94 bits per heavy atom. The number of rotatable bonds is 3. The molecule has 0 aromatic heterocycles. The van der Waals surface area contributed by atoms with Crippen molar-refractivity contribution in [3.63, 3.8) is 0 Å². The van der Waals surface area contributed by atoms with E-state index in [1.54, 1.807) is 12.1 Å². The lowest BCUT2D eigenvalue weighted by atomic mass is 9.94. The molecule has 2 heterocycles. The molecule has 0 aliphatic carbocycles. The van der Waals surface area contributed by atoms with Crippen LogP contribution in [-0.4, -0.2) is 18.2 Å². The molecule has 2 nitrogen and oxygen atoms in total. The topological polar surface area (TPSA) is 21.3 Å². The molecule has 0 saturated carbocycles. The van der Waals surface area contributed by atoms with Crippen LogP contribution in [0.5, 0.6) is 0 Å². The van der Waals surface area contributed by atoms with Crippen LogP contribution in [0.4, 0.5) is 4.39 Å². The minimum absolute atomic E-state index is 0.166. The van der Waals surface area contributed by atoms with Crippen LogP contribution in [-0.2, 0) is 4.74 Å². The Bertz CT molecular complexity index is 409. The van der Waals surface area contributed by atoms with Crippen molar-refractivity contribution in [3.8, 4) is 0 Å². The van der Waals surface area contributed by atoms with Crippen molar-refractivity contribution >= 4 is 0 Å². The lowest BCUT2D eigenvalue weighted by Crippen LogP contribution is -2.38. The largest absolute Gasteiger partial charge is 0.373 e. The molecule has 0 amide bonds. The molecule has 2 bridgehead atoms. The van der Waals surface area contributed by atoms with Crippen molar-refractivity contribution < 1.29 is 9.13 Å². The van der Waals surface area contributed by atoms with Gasteiger partial charge in [-0.1, -0.05) is 12.1 Å². The van der Waals surface area contributed by atoms with Crippen molar-refractivity contribution in [2.45, 2.75) is 50.5 Å². The van der Waals surface area contributed by atoms with E-state index in [-0.39, 0.29) is 11.9 Å². The second-order valence-corrected chi connectivity index (χ2v) is 5.16. The van der Waals surface area contributed by atoms with Gasteiger partial charge in [-0.25, -0.2) is 4.39 Å². The van der Waals surface area contributed by atoms with E-state index in [2.05, 4.69) is 12.2 Å². The van der Waals surface area contributed by atoms with Gasteiger partial charge in [-0.15, -0.1) is 0 Å². The normalized spacial score (nSPS) is 32.9. The van der Waals surface area contributed by atoms with Crippen molar-refractivity contribution in [1.29, 1.82) is 0 Å². The lowest BCUT2D eigenvalue weighted by molar-refractivity contribution is 0.0962. The molecule has 2 aliphatic heterocycles. The van der Waals surface area contributed by atoms with Gasteiger partial charge in [0.2, 0.25) is 0 Å². The number of hydrogen-bond acceptors (Lipinski definition) is 2. The summed E-state index contributed by atoms with van der Waals surface area (Å²) in [5.74, 6) is -0.166. The van der Waals surface area contributed by atoms with Crippen LogP contribution in [0.3, 0.4) is 0 Å². The van der Waals surface area contributed by atoms with Crippen LogP contribution in [0.15, 0.2) is 24.3 Å². The smallest absolute Gasteiger partial charge is 0.123 e. The van der Waals surface area contributed by atoms with Crippen LogP contribution in [0.25, 0.3) is 0 Å². The van der Waals surface area contributed by atoms with E-state index < -0.39 is 0 Å². The van der Waals surface area contributed by atoms with Gasteiger partial charge in [-0.2, -0.15) is 0 Å². The van der Waals surface area contributed by atoms with Crippen LogP contribution >= 0.6 is 0 Å². The zero-order valence-electron chi connectivity index (χ0n) is 10.0. The van der Waals surface area contributed by atoms with Gasteiger partial charge in [-0.3, -0.25) is 0 Å². The Morgan fingerprint density at radius 1 is 1.41 bits per heavy atom. The van der Waals surface area contributed by atoms with Gasteiger partial charge in [-0.05, 0) is 43.9 Å². The Hall–Kier alpha value is -0.930. The molecule has 4 unspecified atom stereocenters. The van der Waals surface area contributed by atoms with E-state index in [4.69, 9.17) is 4.74 Å². The molecule has 92 valence electrons. The Balaban J connectivity index is 1.65. The second-order valence-electron chi connectivity index (χ2n) is 5.16. The molecular formula is C14H18FNO. The number of benzene rings is 1. The predicted molar refractivity (Wildman–Crippen MR) is 64.3 cm³/mol. The summed E-state index contributed by atoms with van der Waals surface area (Å²) < 4.78 is 18.9. The van der Waals surface area contributed by atoms with Gasteiger partial charge in [0.25, 0.3) is 0 Å². The number of hydrogen-bond donors (Lipinski definition) is 1. The minimum atomic E-state index is -0.166. The second kappa shape index (κ2) is 4.39. The van der Waals surface area contributed by atoms with E-state index in [1.165, 1.54) is 12.5 Å². The monoisotopic (exact) mass is 235 g/mol. The summed E-state index contributed by atoms with van der Waals surface area (Å²) in [6, 6.07) is 7.43. The fourth-order valence-electron chi connectivity index (χ4n) is 3.01. The van der Waals surface area contributed by atoms with Crippen molar-refractivity contribution in [1.82, 2.24) is 5.32 Å². The van der Waals surface area contributed by atoms with E-state index in [9.17, 15) is 4.39 Å². The first-order valence-corrected chi connectivity index (χ1v) is 6.39. The third-order valence-corrected chi connectivity index (χ3v) is 3.92. The summed E-state index contributed by atoms with van der Waals surface area (Å²) >= 11 is 0. The van der Waals surface area contributed by atoms with Crippen LogP contribution < -0.4 is 5.32 Å². The van der Waals surface area contributed by atoms with Crippen molar-refractivity contribution in [3.05, 3.63) is 35.6 Å². The zero-order chi connectivity index (χ0) is 11.8. The highest BCUT2D eigenvalue weighted by Gasteiger charge is 2.40. The quantitative estimate of drug-likeness (QED) is 0.869. The van der Waals surface area contributed by atoms with Crippen molar-refractivity contribution in [2.75, 3.05) is 0 Å². The summed E-state index contributed by atoms with van der Waals surface area (Å²) in [6.07, 6.45) is 4.30. The van der Waals surface area contributed by atoms with Crippen LogP contribution in [0.2, 0.25) is 0 Å². The third-order valence-electron chi connectivity index (χ3n) is 3.92. The Labute approximate surface area is 101 Å². The van der Waals surface area contributed by atoms with Crippen LogP contribution in [0, 0.1) is 5.82 Å². The van der Waals surface area contributed by atoms with Crippen molar-refractivity contribution in [2.24, 2.45) is 0 Å². The SMILES string of the molecule is CC(NC1CC2CCC1O2)c1cccc(F)c1. The summed E-state index contributed by atoms with van der Waals surface area (Å²) in [5.41, 5.74) is 1.01. The minimum Gasteiger partial charge on any atom is -0.373 e. The molecule has 2 aliphatic rings. The zero-order valence-corrected chi connectivity index (χ0v) is 10.0. The maximum Gasteiger partial charge on any atom is 0.123 e. The molecule has 4 atom stereocenters. The Kier molecular flexibility index (Phi) is 2.89. The van der Waals surface area contributed by atoms with Crippen LogP contribution in [0.1, 0.15) is 37.8 Å². The summed E-state index contributed by atoms with van der Waals surface area (Å²) in [5, 5.41) is 3.56. The van der Waals surface area contributed by atoms with E-state index >= 15 is 0 Å². The number of ether oxygens (including phenoxy) is 1. The first kappa shape index (κ1) is 11.2. The lowest BCUT2D eigenvalue weighted by Gasteiger charge is -2.24. The highest BCUT2D eigenvalue weighted by atomic mass is 19.1. The highest BCUT2D eigenvalue weighted by Crippen LogP contribution is 2.35. The van der Waals surface area contributed by atoms with Gasteiger partial charge in [0.05, 0.1) is 12.2 Å². The number of nitrogens with one attached hydrogen (secondary N) is 1. The number of fused-ring (bicyclic) bond motifs is 2.